The second-order valence-corrected chi connectivity index (χ2v) is 5.99. The van der Waals surface area contributed by atoms with E-state index in [4.69, 9.17) is 9.47 Å². The molecule has 0 saturated carbocycles. The number of urea groups is 1. The summed E-state index contributed by atoms with van der Waals surface area (Å²) in [7, 11) is 1.60. The highest BCUT2D eigenvalue weighted by molar-refractivity contribution is 5.74. The summed E-state index contributed by atoms with van der Waals surface area (Å²) in [6.07, 6.45) is -0.481. The number of ether oxygens (including phenoxy) is 2. The Morgan fingerprint density at radius 2 is 2.00 bits per heavy atom. The molecule has 1 atom stereocenters. The molecule has 0 unspecified atom stereocenters. The maximum atomic E-state index is 13.4. The minimum atomic E-state index is -0.924. The van der Waals surface area contributed by atoms with Gasteiger partial charge in [0, 0.05) is 13.1 Å². The Morgan fingerprint density at radius 1 is 1.23 bits per heavy atom. The van der Waals surface area contributed by atoms with Crippen molar-refractivity contribution in [3.8, 4) is 5.75 Å². The molecule has 0 bridgehead atoms. The van der Waals surface area contributed by atoms with Gasteiger partial charge in [0.05, 0.1) is 20.3 Å². The van der Waals surface area contributed by atoms with Crippen molar-refractivity contribution in [2.24, 2.45) is 0 Å². The van der Waals surface area contributed by atoms with E-state index in [0.29, 0.717) is 25.3 Å². The van der Waals surface area contributed by atoms with E-state index in [0.717, 1.165) is 23.4 Å². The van der Waals surface area contributed by atoms with E-state index in [2.05, 4.69) is 5.32 Å². The highest BCUT2D eigenvalue weighted by Gasteiger charge is 2.26. The predicted molar refractivity (Wildman–Crippen MR) is 91.9 cm³/mol. The number of amides is 2. The van der Waals surface area contributed by atoms with Crippen molar-refractivity contribution in [1.29, 1.82) is 0 Å². The quantitative estimate of drug-likeness (QED) is 0.908. The van der Waals surface area contributed by atoms with Crippen LogP contribution in [0.5, 0.6) is 5.75 Å². The van der Waals surface area contributed by atoms with Gasteiger partial charge in [-0.25, -0.2) is 13.6 Å². The number of morpholine rings is 1. The first-order chi connectivity index (χ1) is 12.6. The molecule has 1 aliphatic heterocycles. The SMILES string of the molecule is COc1ccc(CNC(=O)N2CCO[C@H](c3ccc(F)c(F)c3)C2)cc1. The van der Waals surface area contributed by atoms with E-state index in [9.17, 15) is 13.6 Å². The fraction of sp³-hybridized carbons (Fsp3) is 0.316. The Balaban J connectivity index is 1.57. The zero-order valence-corrected chi connectivity index (χ0v) is 14.4. The zero-order valence-electron chi connectivity index (χ0n) is 14.4. The molecule has 1 saturated heterocycles. The Kier molecular flexibility index (Phi) is 5.68. The number of hydrogen-bond acceptors (Lipinski definition) is 3. The van der Waals surface area contributed by atoms with Crippen LogP contribution in [0, 0.1) is 11.6 Å². The third-order valence-corrected chi connectivity index (χ3v) is 4.27. The van der Waals surface area contributed by atoms with Crippen LogP contribution in [0.4, 0.5) is 13.6 Å². The van der Waals surface area contributed by atoms with Crippen LogP contribution in [0.2, 0.25) is 0 Å². The van der Waals surface area contributed by atoms with Gasteiger partial charge >= 0.3 is 6.03 Å². The number of carbonyl (C=O) groups excluding carboxylic acids is 1. The van der Waals surface area contributed by atoms with Crippen LogP contribution in [0.3, 0.4) is 0 Å². The number of benzene rings is 2. The monoisotopic (exact) mass is 362 g/mol. The molecule has 1 heterocycles. The second-order valence-electron chi connectivity index (χ2n) is 5.99. The van der Waals surface area contributed by atoms with Crippen LogP contribution in [0.25, 0.3) is 0 Å². The molecule has 1 N–H and O–H groups in total. The molecular weight excluding hydrogens is 342 g/mol. The van der Waals surface area contributed by atoms with Gasteiger partial charge in [-0.2, -0.15) is 0 Å². The highest BCUT2D eigenvalue weighted by atomic mass is 19.2. The molecule has 2 aromatic rings. The van der Waals surface area contributed by atoms with Gasteiger partial charge in [-0.15, -0.1) is 0 Å². The fourth-order valence-corrected chi connectivity index (χ4v) is 2.78. The molecule has 7 heteroatoms. The Morgan fingerprint density at radius 3 is 2.69 bits per heavy atom. The topological polar surface area (TPSA) is 50.8 Å². The summed E-state index contributed by atoms with van der Waals surface area (Å²) < 4.78 is 37.2. The predicted octanol–water partition coefficient (Wildman–Crippen LogP) is 3.26. The van der Waals surface area contributed by atoms with E-state index in [-0.39, 0.29) is 12.6 Å². The number of rotatable bonds is 4. The molecule has 0 aromatic heterocycles. The lowest BCUT2D eigenvalue weighted by Crippen LogP contribution is -2.47. The molecule has 3 rings (SSSR count). The van der Waals surface area contributed by atoms with Crippen LogP contribution < -0.4 is 10.1 Å². The average molecular weight is 362 g/mol. The number of nitrogens with zero attached hydrogens (tertiary/aromatic N) is 1. The maximum Gasteiger partial charge on any atom is 0.317 e. The van der Waals surface area contributed by atoms with Crippen LogP contribution in [0.15, 0.2) is 42.5 Å². The average Bonchev–Trinajstić information content (AvgIpc) is 2.68. The Bertz CT molecular complexity index is 768. The molecule has 0 radical (unpaired) electrons. The normalized spacial score (nSPS) is 17.0. The summed E-state index contributed by atoms with van der Waals surface area (Å²) in [5, 5.41) is 2.86. The molecule has 2 amide bonds. The molecule has 0 spiro atoms. The van der Waals surface area contributed by atoms with Gasteiger partial charge in [0.1, 0.15) is 11.9 Å². The maximum absolute atomic E-state index is 13.4. The van der Waals surface area contributed by atoms with Gasteiger partial charge in [-0.1, -0.05) is 18.2 Å². The minimum Gasteiger partial charge on any atom is -0.497 e. The first kappa shape index (κ1) is 18.1. The third-order valence-electron chi connectivity index (χ3n) is 4.27. The minimum absolute atomic E-state index is 0.225. The molecular formula is C19H20F2N2O3. The zero-order chi connectivity index (χ0) is 18.5. The summed E-state index contributed by atoms with van der Waals surface area (Å²) in [5.41, 5.74) is 1.46. The molecule has 138 valence electrons. The van der Waals surface area contributed by atoms with Crippen molar-refractivity contribution in [2.45, 2.75) is 12.6 Å². The summed E-state index contributed by atoms with van der Waals surface area (Å²) in [5.74, 6) is -1.08. The van der Waals surface area contributed by atoms with Crippen molar-refractivity contribution in [3.63, 3.8) is 0 Å². The lowest BCUT2D eigenvalue weighted by atomic mass is 10.1. The van der Waals surface area contributed by atoms with Crippen molar-refractivity contribution in [2.75, 3.05) is 26.8 Å². The van der Waals surface area contributed by atoms with Gasteiger partial charge in [0.25, 0.3) is 0 Å². The number of nitrogens with one attached hydrogen (secondary N) is 1. The van der Waals surface area contributed by atoms with Gasteiger partial charge in [0.15, 0.2) is 11.6 Å². The molecule has 0 aliphatic carbocycles. The number of hydrogen-bond donors (Lipinski definition) is 1. The summed E-state index contributed by atoms with van der Waals surface area (Å²) in [6.45, 7) is 1.43. The second kappa shape index (κ2) is 8.14. The van der Waals surface area contributed by atoms with Crippen LogP contribution in [-0.2, 0) is 11.3 Å². The highest BCUT2D eigenvalue weighted by Crippen LogP contribution is 2.24. The molecule has 1 aliphatic rings. The van der Waals surface area contributed by atoms with Crippen molar-refractivity contribution >= 4 is 6.03 Å². The van der Waals surface area contributed by atoms with E-state index < -0.39 is 17.7 Å². The lowest BCUT2D eigenvalue weighted by molar-refractivity contribution is -0.0156. The Hall–Kier alpha value is -2.67. The van der Waals surface area contributed by atoms with E-state index in [1.54, 1.807) is 12.0 Å². The van der Waals surface area contributed by atoms with Crippen molar-refractivity contribution < 1.29 is 23.0 Å². The van der Waals surface area contributed by atoms with E-state index in [1.165, 1.54) is 6.07 Å². The van der Waals surface area contributed by atoms with E-state index in [1.807, 2.05) is 24.3 Å². The standard InChI is InChI=1S/C19H20F2N2O3/c1-25-15-5-2-13(3-6-15)11-22-19(24)23-8-9-26-18(12-23)14-4-7-16(20)17(21)10-14/h2-7,10,18H,8-9,11-12H2,1H3,(H,22,24)/t18-/m0/s1. The summed E-state index contributed by atoms with van der Waals surface area (Å²) >= 11 is 0. The fourth-order valence-electron chi connectivity index (χ4n) is 2.78. The van der Waals surface area contributed by atoms with Crippen molar-refractivity contribution in [1.82, 2.24) is 10.2 Å². The van der Waals surface area contributed by atoms with Crippen LogP contribution >= 0.6 is 0 Å². The first-order valence-corrected chi connectivity index (χ1v) is 8.29. The van der Waals surface area contributed by atoms with Gasteiger partial charge in [0.2, 0.25) is 0 Å². The van der Waals surface area contributed by atoms with E-state index >= 15 is 0 Å². The van der Waals surface area contributed by atoms with Gasteiger partial charge in [-0.3, -0.25) is 0 Å². The first-order valence-electron chi connectivity index (χ1n) is 8.29. The largest absolute Gasteiger partial charge is 0.497 e. The van der Waals surface area contributed by atoms with Crippen LogP contribution in [0.1, 0.15) is 17.2 Å². The number of halogens is 2. The summed E-state index contributed by atoms with van der Waals surface area (Å²) in [6, 6.07) is 10.8. The number of carbonyl (C=O) groups is 1. The molecule has 5 nitrogen and oxygen atoms in total. The van der Waals surface area contributed by atoms with Crippen LogP contribution in [-0.4, -0.2) is 37.7 Å². The van der Waals surface area contributed by atoms with Gasteiger partial charge < -0.3 is 19.7 Å². The molecule has 1 fully saturated rings. The molecule has 2 aromatic carbocycles. The van der Waals surface area contributed by atoms with Gasteiger partial charge in [-0.05, 0) is 35.4 Å². The lowest BCUT2D eigenvalue weighted by Gasteiger charge is -2.33. The summed E-state index contributed by atoms with van der Waals surface area (Å²) in [4.78, 5) is 14.0. The molecule has 26 heavy (non-hydrogen) atoms. The Labute approximate surface area is 150 Å². The third kappa shape index (κ3) is 4.29. The number of methoxy groups -OCH3 is 1. The van der Waals surface area contributed by atoms with Crippen molar-refractivity contribution in [3.05, 3.63) is 65.2 Å². The smallest absolute Gasteiger partial charge is 0.317 e.